The molecule has 6 heteroatoms. The van der Waals surface area contributed by atoms with Crippen molar-refractivity contribution >= 4 is 11.7 Å². The highest BCUT2D eigenvalue weighted by molar-refractivity contribution is 6.00. The van der Waals surface area contributed by atoms with Crippen molar-refractivity contribution < 1.29 is 9.21 Å². The van der Waals surface area contributed by atoms with Crippen LogP contribution in [0.15, 0.2) is 22.9 Å². The number of aryl methyl sites for hydroxylation is 1. The fourth-order valence-electron chi connectivity index (χ4n) is 0.961. The molecule has 0 unspecified atom stereocenters. The van der Waals surface area contributed by atoms with Gasteiger partial charge in [0.15, 0.2) is 0 Å². The minimum atomic E-state index is -0.401. The Morgan fingerprint density at radius 1 is 1.64 bits per heavy atom. The molecule has 0 atom stereocenters. The number of nitrogens with zero attached hydrogens (tertiary/aromatic N) is 2. The normalized spacial score (nSPS) is 10.1. The van der Waals surface area contributed by atoms with Crippen molar-refractivity contribution in [3.63, 3.8) is 0 Å². The van der Waals surface area contributed by atoms with Crippen LogP contribution in [0.2, 0.25) is 0 Å². The third kappa shape index (κ3) is 1.63. The molecule has 0 spiro atoms. The van der Waals surface area contributed by atoms with E-state index in [0.717, 1.165) is 0 Å². The summed E-state index contributed by atoms with van der Waals surface area (Å²) < 4.78 is 5.04. The molecule has 72 valence electrons. The number of H-pyrrole nitrogens is 1. The van der Waals surface area contributed by atoms with Crippen molar-refractivity contribution in [3.05, 3.63) is 30.1 Å². The van der Waals surface area contributed by atoms with Crippen LogP contribution in [0.4, 0.5) is 5.82 Å². The number of aromatic nitrogens is 3. The van der Waals surface area contributed by atoms with Gasteiger partial charge >= 0.3 is 5.91 Å². The zero-order chi connectivity index (χ0) is 9.97. The number of oxazole rings is 1. The van der Waals surface area contributed by atoms with Crippen LogP contribution in [-0.4, -0.2) is 21.1 Å². The Morgan fingerprint density at radius 2 is 2.50 bits per heavy atom. The van der Waals surface area contributed by atoms with Crippen LogP contribution in [-0.2, 0) is 0 Å². The third-order valence-corrected chi connectivity index (χ3v) is 1.56. The van der Waals surface area contributed by atoms with Gasteiger partial charge in [-0.05, 0) is 6.92 Å². The summed E-state index contributed by atoms with van der Waals surface area (Å²) >= 11 is 0. The maximum atomic E-state index is 11.4. The minimum absolute atomic E-state index is 0.0390. The predicted octanol–water partition coefficient (Wildman–Crippen LogP) is 0.958. The van der Waals surface area contributed by atoms with Crippen LogP contribution < -0.4 is 5.32 Å². The van der Waals surface area contributed by atoms with Crippen LogP contribution in [0, 0.1) is 6.92 Å². The zero-order valence-electron chi connectivity index (χ0n) is 7.44. The van der Waals surface area contributed by atoms with Crippen molar-refractivity contribution in [3.8, 4) is 0 Å². The number of amides is 1. The smallest absolute Gasteiger partial charge is 0.312 e. The summed E-state index contributed by atoms with van der Waals surface area (Å²) in [6.07, 6.45) is 3.03. The van der Waals surface area contributed by atoms with E-state index in [1.807, 2.05) is 0 Å². The molecule has 2 N–H and O–H groups in total. The van der Waals surface area contributed by atoms with Crippen molar-refractivity contribution in [2.24, 2.45) is 0 Å². The van der Waals surface area contributed by atoms with E-state index < -0.39 is 5.91 Å². The van der Waals surface area contributed by atoms with Crippen LogP contribution in [0.3, 0.4) is 0 Å². The van der Waals surface area contributed by atoms with E-state index in [2.05, 4.69) is 20.5 Å². The van der Waals surface area contributed by atoms with E-state index in [1.54, 1.807) is 13.0 Å². The molecular weight excluding hydrogens is 184 g/mol. The quantitative estimate of drug-likeness (QED) is 0.742. The molecule has 0 saturated heterocycles. The first-order valence-corrected chi connectivity index (χ1v) is 3.99. The number of hydrogen-bond acceptors (Lipinski definition) is 4. The summed E-state index contributed by atoms with van der Waals surface area (Å²) in [4.78, 5) is 15.2. The molecule has 0 fully saturated rings. The molecule has 2 heterocycles. The molecule has 0 saturated carbocycles. The molecule has 2 aromatic rings. The van der Waals surface area contributed by atoms with Crippen molar-refractivity contribution in [2.45, 2.75) is 6.92 Å². The van der Waals surface area contributed by atoms with E-state index in [1.165, 1.54) is 12.4 Å². The molecule has 0 aliphatic carbocycles. The number of hydrogen-bond donors (Lipinski definition) is 2. The van der Waals surface area contributed by atoms with Gasteiger partial charge in [-0.1, -0.05) is 0 Å². The van der Waals surface area contributed by atoms with Crippen molar-refractivity contribution in [1.29, 1.82) is 0 Å². The van der Waals surface area contributed by atoms with Crippen LogP contribution in [0.5, 0.6) is 0 Å². The summed E-state index contributed by atoms with van der Waals surface area (Å²) in [6, 6.07) is 1.63. The highest BCUT2D eigenvalue weighted by atomic mass is 16.4. The number of aromatic amines is 1. The number of rotatable bonds is 2. The topological polar surface area (TPSA) is 83.8 Å². The second kappa shape index (κ2) is 3.33. The van der Waals surface area contributed by atoms with Gasteiger partial charge in [-0.15, -0.1) is 0 Å². The Bertz CT molecular complexity index is 432. The van der Waals surface area contributed by atoms with Gasteiger partial charge in [0.05, 0.1) is 12.4 Å². The Hall–Kier alpha value is -2.11. The average Bonchev–Trinajstić information content (AvgIpc) is 2.75. The lowest BCUT2D eigenvalue weighted by molar-refractivity contribution is 0.0988. The van der Waals surface area contributed by atoms with Crippen LogP contribution >= 0.6 is 0 Å². The van der Waals surface area contributed by atoms with E-state index in [4.69, 9.17) is 4.42 Å². The van der Waals surface area contributed by atoms with Crippen LogP contribution in [0.25, 0.3) is 0 Å². The first-order chi connectivity index (χ1) is 6.75. The molecule has 6 nitrogen and oxygen atoms in total. The third-order valence-electron chi connectivity index (χ3n) is 1.56. The number of nitrogens with one attached hydrogen (secondary N) is 2. The number of anilines is 1. The molecule has 0 aliphatic rings. The monoisotopic (exact) mass is 192 g/mol. The van der Waals surface area contributed by atoms with Gasteiger partial charge in [0, 0.05) is 6.07 Å². The van der Waals surface area contributed by atoms with E-state index in [0.29, 0.717) is 11.6 Å². The highest BCUT2D eigenvalue weighted by Gasteiger charge is 2.12. The summed E-state index contributed by atoms with van der Waals surface area (Å²) in [5.74, 6) is 0.741. The molecule has 2 aromatic heterocycles. The zero-order valence-corrected chi connectivity index (χ0v) is 7.44. The Balaban J connectivity index is 2.10. The maximum absolute atomic E-state index is 11.4. The lowest BCUT2D eigenvalue weighted by Crippen LogP contribution is -2.12. The molecule has 0 bridgehead atoms. The molecule has 0 aromatic carbocycles. The molecule has 0 radical (unpaired) electrons. The molecule has 2 rings (SSSR count). The van der Waals surface area contributed by atoms with Gasteiger partial charge in [-0.3, -0.25) is 9.89 Å². The first-order valence-electron chi connectivity index (χ1n) is 3.99. The summed E-state index contributed by atoms with van der Waals surface area (Å²) in [6.45, 7) is 1.72. The van der Waals surface area contributed by atoms with Gasteiger partial charge in [0.1, 0.15) is 11.6 Å². The number of carbonyl (C=O) groups is 1. The highest BCUT2D eigenvalue weighted by Crippen LogP contribution is 2.05. The Morgan fingerprint density at radius 3 is 3.07 bits per heavy atom. The first kappa shape index (κ1) is 8.49. The van der Waals surface area contributed by atoms with Gasteiger partial charge in [0.25, 0.3) is 5.89 Å². The SMILES string of the molecule is Cc1cnc(C(=O)Nc2ccn[nH]2)o1. The fourth-order valence-corrected chi connectivity index (χ4v) is 0.961. The largest absolute Gasteiger partial charge is 0.438 e. The fraction of sp³-hybridized carbons (Fsp3) is 0.125. The van der Waals surface area contributed by atoms with Crippen molar-refractivity contribution in [1.82, 2.24) is 15.2 Å². The molecule has 14 heavy (non-hydrogen) atoms. The van der Waals surface area contributed by atoms with Crippen LogP contribution in [0.1, 0.15) is 16.4 Å². The van der Waals surface area contributed by atoms with Gasteiger partial charge in [-0.2, -0.15) is 5.10 Å². The van der Waals surface area contributed by atoms with Gasteiger partial charge in [-0.25, -0.2) is 4.98 Å². The van der Waals surface area contributed by atoms with Crippen molar-refractivity contribution in [2.75, 3.05) is 5.32 Å². The minimum Gasteiger partial charge on any atom is -0.438 e. The standard InChI is InChI=1S/C8H8N4O2/c1-5-4-9-8(14-5)7(13)11-6-2-3-10-12-6/h2-4H,1H3,(H2,10,11,12,13). The maximum Gasteiger partial charge on any atom is 0.312 e. The van der Waals surface area contributed by atoms with Gasteiger partial charge in [0.2, 0.25) is 0 Å². The van der Waals surface area contributed by atoms with E-state index in [9.17, 15) is 4.79 Å². The molecular formula is C8H8N4O2. The van der Waals surface area contributed by atoms with E-state index >= 15 is 0 Å². The molecule has 0 aliphatic heterocycles. The lowest BCUT2D eigenvalue weighted by Gasteiger charge is -1.96. The second-order valence-electron chi connectivity index (χ2n) is 2.70. The molecule has 1 amide bonds. The Kier molecular flexibility index (Phi) is 2.02. The summed E-state index contributed by atoms with van der Waals surface area (Å²) in [5, 5.41) is 8.81. The average molecular weight is 192 g/mol. The van der Waals surface area contributed by atoms with E-state index in [-0.39, 0.29) is 5.89 Å². The predicted molar refractivity (Wildman–Crippen MR) is 47.8 cm³/mol. The summed E-state index contributed by atoms with van der Waals surface area (Å²) in [5.41, 5.74) is 0. The number of carbonyl (C=O) groups excluding carboxylic acids is 1. The second-order valence-corrected chi connectivity index (χ2v) is 2.70. The Labute approximate surface area is 79.3 Å². The van der Waals surface area contributed by atoms with Gasteiger partial charge < -0.3 is 9.73 Å². The lowest BCUT2D eigenvalue weighted by atomic mass is 10.5. The summed E-state index contributed by atoms with van der Waals surface area (Å²) in [7, 11) is 0.